The molecule has 0 saturated carbocycles. The number of amides is 1. The molecule has 0 aliphatic carbocycles. The molecule has 0 saturated heterocycles. The highest BCUT2D eigenvalue weighted by atomic mass is 16.7. The highest BCUT2D eigenvalue weighted by molar-refractivity contribution is 6.04. The zero-order chi connectivity index (χ0) is 36.7. The van der Waals surface area contributed by atoms with Crippen LogP contribution < -0.4 is 10.2 Å². The SMILES string of the molecule is CCN(CC)c1ccc(-c2nc(-c3ccc(C4=NOC(C(=O)OC)C4)cc3)c(-c3ccc(/C=C/C(=O)NCCc4c[nH]c5ccccc45)cc3)[nH]2)cc1. The lowest BCUT2D eigenvalue weighted by molar-refractivity contribution is -0.152. The summed E-state index contributed by atoms with van der Waals surface area (Å²) in [6, 6.07) is 32.6. The van der Waals surface area contributed by atoms with Gasteiger partial charge in [-0.05, 0) is 73.4 Å². The van der Waals surface area contributed by atoms with Gasteiger partial charge in [-0.2, -0.15) is 0 Å². The highest BCUT2D eigenvalue weighted by Crippen LogP contribution is 2.34. The van der Waals surface area contributed by atoms with Gasteiger partial charge in [0.05, 0.1) is 24.2 Å². The first-order chi connectivity index (χ1) is 25.9. The van der Waals surface area contributed by atoms with Crippen LogP contribution in [0.5, 0.6) is 0 Å². The summed E-state index contributed by atoms with van der Waals surface area (Å²) < 4.78 is 4.81. The number of esters is 1. The Bertz CT molecular complexity index is 2260. The molecular weight excluding hydrogens is 665 g/mol. The van der Waals surface area contributed by atoms with Crippen LogP contribution in [0.2, 0.25) is 0 Å². The minimum Gasteiger partial charge on any atom is -0.466 e. The first kappa shape index (κ1) is 35.0. The Kier molecular flexibility index (Phi) is 10.5. The van der Waals surface area contributed by atoms with E-state index in [1.165, 1.54) is 23.7 Å². The number of oxime groups is 1. The van der Waals surface area contributed by atoms with E-state index in [1.54, 1.807) is 6.08 Å². The van der Waals surface area contributed by atoms with Crippen LogP contribution >= 0.6 is 0 Å². The van der Waals surface area contributed by atoms with Crippen molar-refractivity contribution in [2.75, 3.05) is 31.6 Å². The number of para-hydroxylation sites is 1. The number of nitrogens with zero attached hydrogens (tertiary/aromatic N) is 3. The number of H-pyrrole nitrogens is 2. The normalized spacial score (nSPS) is 13.9. The van der Waals surface area contributed by atoms with E-state index >= 15 is 0 Å². The summed E-state index contributed by atoms with van der Waals surface area (Å²) >= 11 is 0. The molecule has 10 nitrogen and oxygen atoms in total. The van der Waals surface area contributed by atoms with Crippen molar-refractivity contribution in [1.82, 2.24) is 20.3 Å². The molecule has 10 heteroatoms. The van der Waals surface area contributed by atoms with Crippen LogP contribution in [0.4, 0.5) is 5.69 Å². The van der Waals surface area contributed by atoms with E-state index in [2.05, 4.69) is 69.5 Å². The number of aromatic amines is 2. The Morgan fingerprint density at radius 1 is 0.906 bits per heavy atom. The van der Waals surface area contributed by atoms with E-state index in [1.807, 2.05) is 79.0 Å². The number of fused-ring (bicyclic) bond motifs is 1. The number of aromatic nitrogens is 3. The summed E-state index contributed by atoms with van der Waals surface area (Å²) in [5, 5.41) is 8.30. The molecule has 3 N–H and O–H groups in total. The lowest BCUT2D eigenvalue weighted by Crippen LogP contribution is -2.23. The average Bonchev–Trinajstić information content (AvgIpc) is 3.98. The average molecular weight is 707 g/mol. The molecule has 1 amide bonds. The number of carbonyl (C=O) groups excluding carboxylic acids is 2. The van der Waals surface area contributed by atoms with Crippen molar-refractivity contribution in [1.29, 1.82) is 0 Å². The molecule has 4 aromatic carbocycles. The topological polar surface area (TPSA) is 125 Å². The van der Waals surface area contributed by atoms with Gasteiger partial charge < -0.3 is 29.8 Å². The number of hydrogen-bond acceptors (Lipinski definition) is 7. The van der Waals surface area contributed by atoms with Crippen molar-refractivity contribution in [2.24, 2.45) is 5.16 Å². The second-order valence-electron chi connectivity index (χ2n) is 12.8. The molecule has 0 fully saturated rings. The molecule has 1 atom stereocenters. The Hall–Kier alpha value is -6.42. The van der Waals surface area contributed by atoms with Gasteiger partial charge in [0.1, 0.15) is 5.82 Å². The standard InChI is InChI=1S/C43H42N6O4/c1-4-49(5-2)34-21-19-32(20-22-34)42-46-40(41(47-42)31-17-15-29(16-18-31)37-26-38(53-48-37)43(51)52-3)30-13-10-28(11-14-30)12-23-39(50)44-25-24-33-27-45-36-9-7-6-8-35(33)36/h6-23,27,38,45H,4-5,24-26H2,1-3H3,(H,44,50)(H,46,47)/b23-12+. The van der Waals surface area contributed by atoms with Gasteiger partial charge in [-0.25, -0.2) is 9.78 Å². The van der Waals surface area contributed by atoms with Crippen LogP contribution in [0.3, 0.4) is 0 Å². The lowest BCUT2D eigenvalue weighted by atomic mass is 10.00. The number of imidazole rings is 1. The molecule has 2 aromatic heterocycles. The van der Waals surface area contributed by atoms with E-state index in [-0.39, 0.29) is 5.91 Å². The Morgan fingerprint density at radius 3 is 2.34 bits per heavy atom. The number of carbonyl (C=O) groups is 2. The van der Waals surface area contributed by atoms with Gasteiger partial charge in [0.2, 0.25) is 12.0 Å². The van der Waals surface area contributed by atoms with E-state index in [4.69, 9.17) is 14.6 Å². The van der Waals surface area contributed by atoms with Gasteiger partial charge in [-0.3, -0.25) is 4.79 Å². The van der Waals surface area contributed by atoms with E-state index in [0.717, 1.165) is 70.1 Å². The Labute approximate surface area is 308 Å². The van der Waals surface area contributed by atoms with Crippen LogP contribution in [0.1, 0.15) is 37.0 Å². The van der Waals surface area contributed by atoms with Gasteiger partial charge in [0, 0.05) is 71.6 Å². The number of hydrogen-bond donors (Lipinski definition) is 3. The monoisotopic (exact) mass is 706 g/mol. The first-order valence-corrected chi connectivity index (χ1v) is 17.9. The number of anilines is 1. The van der Waals surface area contributed by atoms with E-state index in [0.29, 0.717) is 18.7 Å². The highest BCUT2D eigenvalue weighted by Gasteiger charge is 2.29. The Balaban J connectivity index is 1.09. The molecule has 268 valence electrons. The van der Waals surface area contributed by atoms with Crippen LogP contribution in [-0.2, 0) is 25.6 Å². The quantitative estimate of drug-likeness (QED) is 0.0833. The lowest BCUT2D eigenvalue weighted by Gasteiger charge is -2.20. The summed E-state index contributed by atoms with van der Waals surface area (Å²) in [6.45, 7) is 6.72. The van der Waals surface area contributed by atoms with Gasteiger partial charge in [0.25, 0.3) is 0 Å². The van der Waals surface area contributed by atoms with Gasteiger partial charge in [0.15, 0.2) is 0 Å². The summed E-state index contributed by atoms with van der Waals surface area (Å²) in [6.07, 6.45) is 5.76. The summed E-state index contributed by atoms with van der Waals surface area (Å²) in [7, 11) is 1.34. The molecule has 0 spiro atoms. The van der Waals surface area contributed by atoms with E-state index < -0.39 is 12.1 Å². The maximum absolute atomic E-state index is 12.6. The van der Waals surface area contributed by atoms with Gasteiger partial charge in [-0.1, -0.05) is 71.9 Å². The zero-order valence-corrected chi connectivity index (χ0v) is 30.1. The van der Waals surface area contributed by atoms with E-state index in [9.17, 15) is 9.59 Å². The summed E-state index contributed by atoms with van der Waals surface area (Å²) in [5.41, 5.74) is 10.4. The fraction of sp³-hybridized carbons (Fsp3) is 0.209. The predicted octanol–water partition coefficient (Wildman–Crippen LogP) is 7.78. The second kappa shape index (κ2) is 15.9. The Morgan fingerprint density at radius 2 is 1.60 bits per heavy atom. The van der Waals surface area contributed by atoms with Crippen LogP contribution in [0.15, 0.2) is 114 Å². The zero-order valence-electron chi connectivity index (χ0n) is 30.1. The molecule has 6 aromatic rings. The molecule has 1 aliphatic rings. The number of benzene rings is 4. The molecule has 7 rings (SSSR count). The third-order valence-electron chi connectivity index (χ3n) is 9.59. The molecule has 1 aliphatic heterocycles. The maximum atomic E-state index is 12.6. The maximum Gasteiger partial charge on any atom is 0.350 e. The fourth-order valence-electron chi connectivity index (χ4n) is 6.62. The molecule has 1 unspecified atom stereocenters. The minimum atomic E-state index is -0.730. The van der Waals surface area contributed by atoms with Gasteiger partial charge >= 0.3 is 5.97 Å². The largest absolute Gasteiger partial charge is 0.466 e. The third kappa shape index (κ3) is 7.77. The number of methoxy groups -OCH3 is 1. The minimum absolute atomic E-state index is 0.138. The van der Waals surface area contributed by atoms with Crippen LogP contribution in [0, 0.1) is 0 Å². The predicted molar refractivity (Wildman–Crippen MR) is 211 cm³/mol. The third-order valence-corrected chi connectivity index (χ3v) is 9.59. The van der Waals surface area contributed by atoms with Crippen molar-refractivity contribution in [2.45, 2.75) is 32.8 Å². The molecule has 0 radical (unpaired) electrons. The first-order valence-electron chi connectivity index (χ1n) is 17.9. The van der Waals surface area contributed by atoms with Crippen molar-refractivity contribution >= 4 is 40.3 Å². The number of rotatable bonds is 13. The number of nitrogens with one attached hydrogen (secondary N) is 3. The molecule has 3 heterocycles. The summed E-state index contributed by atoms with van der Waals surface area (Å²) in [5.74, 6) is 0.176. The second-order valence-corrected chi connectivity index (χ2v) is 12.8. The van der Waals surface area contributed by atoms with Crippen molar-refractivity contribution in [3.8, 4) is 33.9 Å². The van der Waals surface area contributed by atoms with Crippen molar-refractivity contribution < 1.29 is 19.2 Å². The van der Waals surface area contributed by atoms with Gasteiger partial charge in [-0.15, -0.1) is 0 Å². The molecule has 0 bridgehead atoms. The van der Waals surface area contributed by atoms with Crippen molar-refractivity contribution in [3.05, 3.63) is 126 Å². The fourth-order valence-corrected chi connectivity index (χ4v) is 6.62. The van der Waals surface area contributed by atoms with Crippen LogP contribution in [0.25, 0.3) is 50.9 Å². The van der Waals surface area contributed by atoms with Crippen molar-refractivity contribution in [3.63, 3.8) is 0 Å². The molecule has 53 heavy (non-hydrogen) atoms. The number of ether oxygens (including phenoxy) is 1. The smallest absolute Gasteiger partial charge is 0.350 e. The summed E-state index contributed by atoms with van der Waals surface area (Å²) in [4.78, 5) is 44.2. The molecular formula is C43H42N6O4. The van der Waals surface area contributed by atoms with Crippen LogP contribution in [-0.4, -0.2) is 65.4 Å².